The van der Waals surface area contributed by atoms with Gasteiger partial charge in [0, 0.05) is 12.6 Å². The van der Waals surface area contributed by atoms with Gasteiger partial charge in [-0.3, -0.25) is 0 Å². The van der Waals surface area contributed by atoms with Gasteiger partial charge in [0.25, 0.3) is 0 Å². The summed E-state index contributed by atoms with van der Waals surface area (Å²) in [5.41, 5.74) is 0.873. The van der Waals surface area contributed by atoms with E-state index in [2.05, 4.69) is 22.8 Å². The number of nitrogens with one attached hydrogen (secondary N) is 2. The first kappa shape index (κ1) is 17.0. The normalized spacial score (nSPS) is 16.6. The molecule has 0 saturated carbocycles. The Bertz CT molecular complexity index is 547. The number of allylic oxidation sites excluding steroid dienone is 1. The SMILES string of the molecule is COc1cc(CNC(=O)N[C@@H]2CC=CCC2)cc(OC)c1OC. The molecule has 0 bridgehead atoms. The molecule has 1 aromatic carbocycles. The molecule has 0 fully saturated rings. The molecule has 23 heavy (non-hydrogen) atoms. The predicted octanol–water partition coefficient (Wildman–Crippen LogP) is 2.62. The summed E-state index contributed by atoms with van der Waals surface area (Å²) in [5.74, 6) is 1.68. The molecule has 6 nitrogen and oxygen atoms in total. The Kier molecular flexibility index (Phi) is 6.14. The highest BCUT2D eigenvalue weighted by Crippen LogP contribution is 2.38. The Morgan fingerprint density at radius 2 is 1.83 bits per heavy atom. The smallest absolute Gasteiger partial charge is 0.315 e. The highest BCUT2D eigenvalue weighted by Gasteiger charge is 2.15. The lowest BCUT2D eigenvalue weighted by Crippen LogP contribution is -2.42. The van der Waals surface area contributed by atoms with Crippen molar-refractivity contribution in [1.29, 1.82) is 0 Å². The summed E-state index contributed by atoms with van der Waals surface area (Å²) < 4.78 is 15.9. The van der Waals surface area contributed by atoms with Gasteiger partial charge < -0.3 is 24.8 Å². The molecule has 2 rings (SSSR count). The number of carbonyl (C=O) groups is 1. The number of ether oxygens (including phenoxy) is 3. The number of carbonyl (C=O) groups excluding carboxylic acids is 1. The van der Waals surface area contributed by atoms with E-state index in [-0.39, 0.29) is 12.1 Å². The lowest BCUT2D eigenvalue weighted by Gasteiger charge is -2.20. The summed E-state index contributed by atoms with van der Waals surface area (Å²) in [6.07, 6.45) is 7.13. The van der Waals surface area contributed by atoms with Crippen LogP contribution in [0.5, 0.6) is 17.2 Å². The van der Waals surface area contributed by atoms with E-state index in [4.69, 9.17) is 14.2 Å². The molecule has 0 spiro atoms. The van der Waals surface area contributed by atoms with Crippen molar-refractivity contribution in [3.05, 3.63) is 29.8 Å². The Labute approximate surface area is 136 Å². The second-order valence-electron chi connectivity index (χ2n) is 5.34. The first-order chi connectivity index (χ1) is 11.2. The highest BCUT2D eigenvalue weighted by atomic mass is 16.5. The predicted molar refractivity (Wildman–Crippen MR) is 88.2 cm³/mol. The van der Waals surface area contributed by atoms with Gasteiger partial charge in [0.15, 0.2) is 11.5 Å². The van der Waals surface area contributed by atoms with Gasteiger partial charge in [0.05, 0.1) is 21.3 Å². The van der Waals surface area contributed by atoms with Crippen molar-refractivity contribution < 1.29 is 19.0 Å². The van der Waals surface area contributed by atoms with Crippen LogP contribution in [0.4, 0.5) is 4.79 Å². The van der Waals surface area contributed by atoms with E-state index in [1.165, 1.54) is 0 Å². The number of urea groups is 1. The quantitative estimate of drug-likeness (QED) is 0.791. The number of hydrogen-bond donors (Lipinski definition) is 2. The Balaban J connectivity index is 1.96. The fourth-order valence-corrected chi connectivity index (χ4v) is 2.58. The van der Waals surface area contributed by atoms with Crippen LogP contribution in [0.2, 0.25) is 0 Å². The second kappa shape index (κ2) is 8.31. The molecule has 0 heterocycles. The average molecular weight is 320 g/mol. The maximum Gasteiger partial charge on any atom is 0.315 e. The molecule has 1 atom stereocenters. The van der Waals surface area contributed by atoms with E-state index < -0.39 is 0 Å². The van der Waals surface area contributed by atoms with Crippen LogP contribution in [0.3, 0.4) is 0 Å². The number of amides is 2. The van der Waals surface area contributed by atoms with Crippen molar-refractivity contribution >= 4 is 6.03 Å². The van der Waals surface area contributed by atoms with Crippen LogP contribution >= 0.6 is 0 Å². The molecular formula is C17H24N2O4. The zero-order valence-electron chi connectivity index (χ0n) is 13.8. The van der Waals surface area contributed by atoms with Crippen molar-refractivity contribution in [2.45, 2.75) is 31.8 Å². The first-order valence-corrected chi connectivity index (χ1v) is 7.66. The second-order valence-corrected chi connectivity index (χ2v) is 5.34. The minimum Gasteiger partial charge on any atom is -0.493 e. The molecule has 0 radical (unpaired) electrons. The molecule has 126 valence electrons. The molecule has 2 N–H and O–H groups in total. The third-order valence-electron chi connectivity index (χ3n) is 3.78. The van der Waals surface area contributed by atoms with E-state index in [0.29, 0.717) is 23.8 Å². The lowest BCUT2D eigenvalue weighted by atomic mass is 10.0. The van der Waals surface area contributed by atoms with Crippen LogP contribution in [0.15, 0.2) is 24.3 Å². The Morgan fingerprint density at radius 1 is 1.13 bits per heavy atom. The third kappa shape index (κ3) is 4.55. The van der Waals surface area contributed by atoms with Crippen LogP contribution in [0.1, 0.15) is 24.8 Å². The molecule has 1 aliphatic carbocycles. The van der Waals surface area contributed by atoms with Gasteiger partial charge >= 0.3 is 6.03 Å². The Morgan fingerprint density at radius 3 is 2.35 bits per heavy atom. The van der Waals surface area contributed by atoms with Crippen molar-refractivity contribution in [1.82, 2.24) is 10.6 Å². The molecule has 0 aromatic heterocycles. The van der Waals surface area contributed by atoms with E-state index in [1.54, 1.807) is 21.3 Å². The van der Waals surface area contributed by atoms with E-state index in [1.807, 2.05) is 12.1 Å². The number of rotatable bonds is 6. The van der Waals surface area contributed by atoms with Gasteiger partial charge in [-0.2, -0.15) is 0 Å². The topological polar surface area (TPSA) is 68.8 Å². The van der Waals surface area contributed by atoms with Crippen LogP contribution in [0, 0.1) is 0 Å². The van der Waals surface area contributed by atoms with E-state index in [0.717, 1.165) is 24.8 Å². The number of benzene rings is 1. The highest BCUT2D eigenvalue weighted by molar-refractivity contribution is 5.74. The summed E-state index contributed by atoms with van der Waals surface area (Å²) >= 11 is 0. The van der Waals surface area contributed by atoms with Gasteiger partial charge in [-0.15, -0.1) is 0 Å². The molecule has 6 heteroatoms. The lowest BCUT2D eigenvalue weighted by molar-refractivity contribution is 0.235. The number of methoxy groups -OCH3 is 3. The summed E-state index contributed by atoms with van der Waals surface area (Å²) in [6.45, 7) is 0.380. The zero-order chi connectivity index (χ0) is 16.7. The van der Waals surface area contributed by atoms with E-state index in [9.17, 15) is 4.79 Å². The standard InChI is InChI=1S/C17H24N2O4/c1-21-14-9-12(10-15(22-2)16(14)23-3)11-18-17(20)19-13-7-5-4-6-8-13/h4-5,9-10,13H,6-8,11H2,1-3H3,(H2,18,19,20)/t13-/m1/s1. The molecule has 0 unspecified atom stereocenters. The van der Waals surface area contributed by atoms with Crippen molar-refractivity contribution in [3.8, 4) is 17.2 Å². The van der Waals surface area contributed by atoms with Crippen LogP contribution in [0.25, 0.3) is 0 Å². The maximum atomic E-state index is 12.0. The summed E-state index contributed by atoms with van der Waals surface area (Å²) in [5, 5.41) is 5.84. The molecular weight excluding hydrogens is 296 g/mol. The van der Waals surface area contributed by atoms with Crippen molar-refractivity contribution in [2.75, 3.05) is 21.3 Å². The van der Waals surface area contributed by atoms with Crippen molar-refractivity contribution in [3.63, 3.8) is 0 Å². The van der Waals surface area contributed by atoms with Gasteiger partial charge in [0.2, 0.25) is 5.75 Å². The first-order valence-electron chi connectivity index (χ1n) is 7.66. The molecule has 1 aliphatic rings. The summed E-state index contributed by atoms with van der Waals surface area (Å²) in [6, 6.07) is 3.69. The van der Waals surface area contributed by atoms with Crippen LogP contribution in [-0.2, 0) is 6.54 Å². The van der Waals surface area contributed by atoms with Gasteiger partial charge in [-0.25, -0.2) is 4.79 Å². The summed E-state index contributed by atoms with van der Waals surface area (Å²) in [4.78, 5) is 12.0. The van der Waals surface area contributed by atoms with Crippen LogP contribution < -0.4 is 24.8 Å². The molecule has 0 saturated heterocycles. The summed E-state index contributed by atoms with van der Waals surface area (Å²) in [7, 11) is 4.69. The van der Waals surface area contributed by atoms with Crippen LogP contribution in [-0.4, -0.2) is 33.4 Å². The fraction of sp³-hybridized carbons (Fsp3) is 0.471. The maximum absolute atomic E-state index is 12.0. The zero-order valence-corrected chi connectivity index (χ0v) is 13.8. The fourth-order valence-electron chi connectivity index (χ4n) is 2.58. The molecule has 2 amide bonds. The van der Waals surface area contributed by atoms with Gasteiger partial charge in [0.1, 0.15) is 0 Å². The van der Waals surface area contributed by atoms with Crippen molar-refractivity contribution in [2.24, 2.45) is 0 Å². The molecule has 1 aromatic rings. The molecule has 0 aliphatic heterocycles. The van der Waals surface area contributed by atoms with Gasteiger partial charge in [-0.05, 0) is 37.0 Å². The Hall–Kier alpha value is -2.37. The largest absolute Gasteiger partial charge is 0.493 e. The number of hydrogen-bond acceptors (Lipinski definition) is 4. The minimum absolute atomic E-state index is 0.168. The average Bonchev–Trinajstić information content (AvgIpc) is 2.59. The van der Waals surface area contributed by atoms with E-state index >= 15 is 0 Å². The third-order valence-corrected chi connectivity index (χ3v) is 3.78. The minimum atomic E-state index is -0.168. The van der Waals surface area contributed by atoms with Gasteiger partial charge in [-0.1, -0.05) is 12.2 Å². The monoisotopic (exact) mass is 320 g/mol.